The first-order valence-electron chi connectivity index (χ1n) is 6.09. The van der Waals surface area contributed by atoms with Gasteiger partial charge in [-0.2, -0.15) is 0 Å². The quantitative estimate of drug-likeness (QED) is 0.930. The summed E-state index contributed by atoms with van der Waals surface area (Å²) in [7, 11) is 1.59. The predicted octanol–water partition coefficient (Wildman–Crippen LogP) is 3.72. The van der Waals surface area contributed by atoms with Crippen LogP contribution >= 0.6 is 15.9 Å². The highest BCUT2D eigenvalue weighted by Crippen LogP contribution is 2.21. The number of halogens is 1. The summed E-state index contributed by atoms with van der Waals surface area (Å²) in [6.07, 6.45) is 1.67. The first kappa shape index (κ1) is 14.5. The number of aryl methyl sites for hydroxylation is 2. The van der Waals surface area contributed by atoms with E-state index >= 15 is 0 Å². The van der Waals surface area contributed by atoms with Crippen molar-refractivity contribution in [3.8, 4) is 5.75 Å². The molecule has 1 aromatic carbocycles. The first-order chi connectivity index (χ1) is 9.51. The van der Waals surface area contributed by atoms with E-state index in [1.54, 1.807) is 25.4 Å². The second-order valence-corrected chi connectivity index (χ2v) is 5.31. The van der Waals surface area contributed by atoms with Crippen LogP contribution in [0.4, 0.5) is 5.82 Å². The fourth-order valence-corrected chi connectivity index (χ4v) is 1.97. The molecule has 4 nitrogen and oxygen atoms in total. The average molecular weight is 335 g/mol. The van der Waals surface area contributed by atoms with Crippen molar-refractivity contribution in [3.05, 3.63) is 51.6 Å². The van der Waals surface area contributed by atoms with Crippen LogP contribution in [0.5, 0.6) is 5.75 Å². The highest BCUT2D eigenvalue weighted by atomic mass is 79.9. The maximum absolute atomic E-state index is 12.2. The molecule has 0 aliphatic rings. The molecular formula is C15H15BrN2O2. The Labute approximate surface area is 126 Å². The van der Waals surface area contributed by atoms with Gasteiger partial charge in [-0.05, 0) is 59.1 Å². The second kappa shape index (κ2) is 6.05. The largest absolute Gasteiger partial charge is 0.496 e. The Morgan fingerprint density at radius 3 is 2.65 bits per heavy atom. The second-order valence-electron chi connectivity index (χ2n) is 4.46. The van der Waals surface area contributed by atoms with Crippen LogP contribution in [0.15, 0.2) is 34.9 Å². The maximum Gasteiger partial charge on any atom is 0.256 e. The number of hydrogen-bond acceptors (Lipinski definition) is 3. The molecule has 0 aliphatic carbocycles. The Kier molecular flexibility index (Phi) is 4.39. The molecule has 1 heterocycles. The van der Waals surface area contributed by atoms with Crippen LogP contribution in [-0.2, 0) is 0 Å². The smallest absolute Gasteiger partial charge is 0.256 e. The van der Waals surface area contributed by atoms with E-state index in [1.165, 1.54) is 0 Å². The van der Waals surface area contributed by atoms with Crippen molar-refractivity contribution >= 4 is 27.7 Å². The zero-order valence-electron chi connectivity index (χ0n) is 11.5. The van der Waals surface area contributed by atoms with Gasteiger partial charge in [-0.25, -0.2) is 4.98 Å². The number of amides is 1. The highest BCUT2D eigenvalue weighted by molar-refractivity contribution is 9.10. The van der Waals surface area contributed by atoms with Crippen LogP contribution in [0.25, 0.3) is 0 Å². The molecule has 2 rings (SSSR count). The topological polar surface area (TPSA) is 51.2 Å². The van der Waals surface area contributed by atoms with Gasteiger partial charge in [-0.15, -0.1) is 0 Å². The lowest BCUT2D eigenvalue weighted by atomic mass is 10.1. The number of anilines is 1. The number of methoxy groups -OCH3 is 1. The van der Waals surface area contributed by atoms with Gasteiger partial charge < -0.3 is 10.1 Å². The number of pyridine rings is 1. The van der Waals surface area contributed by atoms with Crippen molar-refractivity contribution in [2.75, 3.05) is 12.4 Å². The number of ether oxygens (including phenoxy) is 1. The predicted molar refractivity (Wildman–Crippen MR) is 82.4 cm³/mol. The number of rotatable bonds is 3. The molecule has 0 atom stereocenters. The van der Waals surface area contributed by atoms with E-state index < -0.39 is 0 Å². The third kappa shape index (κ3) is 3.17. The van der Waals surface area contributed by atoms with E-state index in [0.717, 1.165) is 15.6 Å². The van der Waals surface area contributed by atoms with Crippen LogP contribution in [0.1, 0.15) is 21.5 Å². The van der Waals surface area contributed by atoms with Gasteiger partial charge in [-0.3, -0.25) is 4.79 Å². The fraction of sp³-hybridized carbons (Fsp3) is 0.200. The maximum atomic E-state index is 12.2. The minimum Gasteiger partial charge on any atom is -0.496 e. The molecule has 0 bridgehead atoms. The number of hydrogen-bond donors (Lipinski definition) is 1. The lowest BCUT2D eigenvalue weighted by Gasteiger charge is -2.09. The molecule has 0 radical (unpaired) electrons. The van der Waals surface area contributed by atoms with E-state index in [9.17, 15) is 4.79 Å². The lowest BCUT2D eigenvalue weighted by molar-refractivity contribution is 0.102. The third-order valence-corrected chi connectivity index (χ3v) is 3.79. The Morgan fingerprint density at radius 1 is 1.25 bits per heavy atom. The summed E-state index contributed by atoms with van der Waals surface area (Å²) >= 11 is 3.38. The van der Waals surface area contributed by atoms with E-state index in [0.29, 0.717) is 17.1 Å². The van der Waals surface area contributed by atoms with E-state index in [2.05, 4.69) is 26.2 Å². The van der Waals surface area contributed by atoms with Crippen molar-refractivity contribution < 1.29 is 9.53 Å². The molecule has 1 N–H and O–H groups in total. The summed E-state index contributed by atoms with van der Waals surface area (Å²) in [5.74, 6) is 1.00. The van der Waals surface area contributed by atoms with Crippen LogP contribution in [0.2, 0.25) is 0 Å². The van der Waals surface area contributed by atoms with E-state index in [1.807, 2.05) is 26.0 Å². The number of nitrogens with one attached hydrogen (secondary N) is 1. The summed E-state index contributed by atoms with van der Waals surface area (Å²) in [5.41, 5.74) is 2.54. The number of aromatic nitrogens is 1. The van der Waals surface area contributed by atoms with Gasteiger partial charge in [0.1, 0.15) is 11.6 Å². The molecule has 2 aromatic rings. The minimum atomic E-state index is -0.211. The molecule has 0 unspecified atom stereocenters. The molecule has 5 heteroatoms. The number of carbonyl (C=O) groups is 1. The Morgan fingerprint density at radius 2 is 2.00 bits per heavy atom. The molecule has 0 saturated carbocycles. The van der Waals surface area contributed by atoms with E-state index in [4.69, 9.17) is 4.74 Å². The highest BCUT2D eigenvalue weighted by Gasteiger charge is 2.10. The third-order valence-electron chi connectivity index (χ3n) is 2.96. The molecule has 0 saturated heterocycles. The zero-order valence-corrected chi connectivity index (χ0v) is 13.1. The minimum absolute atomic E-state index is 0.211. The molecule has 1 aromatic heterocycles. The standard InChI is InChI=1S/C15H15BrN2O2/c1-9-4-5-11(7-13(9)20-3)15(19)18-14-6-10(2)12(16)8-17-14/h4-8H,1-3H3,(H,17,18,19). The van der Waals surface area contributed by atoms with Gasteiger partial charge in [0, 0.05) is 16.2 Å². The summed E-state index contributed by atoms with van der Waals surface area (Å²) < 4.78 is 6.13. The van der Waals surface area contributed by atoms with Crippen LogP contribution in [0.3, 0.4) is 0 Å². The van der Waals surface area contributed by atoms with Crippen molar-refractivity contribution in [1.29, 1.82) is 0 Å². The van der Waals surface area contributed by atoms with E-state index in [-0.39, 0.29) is 5.91 Å². The Hall–Kier alpha value is -1.88. The van der Waals surface area contributed by atoms with Gasteiger partial charge in [0.25, 0.3) is 5.91 Å². The Bertz CT molecular complexity index is 656. The number of carbonyl (C=O) groups excluding carboxylic acids is 1. The van der Waals surface area contributed by atoms with Crippen molar-refractivity contribution in [2.45, 2.75) is 13.8 Å². The monoisotopic (exact) mass is 334 g/mol. The first-order valence-corrected chi connectivity index (χ1v) is 6.88. The summed E-state index contributed by atoms with van der Waals surface area (Å²) in [6, 6.07) is 7.15. The summed E-state index contributed by atoms with van der Waals surface area (Å²) in [4.78, 5) is 16.3. The number of nitrogens with zero attached hydrogens (tertiary/aromatic N) is 1. The fourth-order valence-electron chi connectivity index (χ4n) is 1.76. The lowest BCUT2D eigenvalue weighted by Crippen LogP contribution is -2.13. The van der Waals surface area contributed by atoms with Gasteiger partial charge in [0.15, 0.2) is 0 Å². The van der Waals surface area contributed by atoms with Gasteiger partial charge in [-0.1, -0.05) is 6.07 Å². The van der Waals surface area contributed by atoms with Gasteiger partial charge in [0.05, 0.1) is 7.11 Å². The molecular weight excluding hydrogens is 320 g/mol. The van der Waals surface area contributed by atoms with Gasteiger partial charge in [0.2, 0.25) is 0 Å². The Balaban J connectivity index is 2.21. The number of benzene rings is 1. The molecule has 0 spiro atoms. The summed E-state index contributed by atoms with van der Waals surface area (Å²) in [5, 5.41) is 2.77. The molecule has 104 valence electrons. The normalized spacial score (nSPS) is 10.2. The van der Waals surface area contributed by atoms with Crippen LogP contribution < -0.4 is 10.1 Å². The van der Waals surface area contributed by atoms with Crippen molar-refractivity contribution in [1.82, 2.24) is 4.98 Å². The SMILES string of the molecule is COc1cc(C(=O)Nc2cc(C)c(Br)cn2)ccc1C. The van der Waals surface area contributed by atoms with Gasteiger partial charge >= 0.3 is 0 Å². The zero-order chi connectivity index (χ0) is 14.7. The average Bonchev–Trinajstić information content (AvgIpc) is 2.43. The molecule has 20 heavy (non-hydrogen) atoms. The molecule has 1 amide bonds. The van der Waals surface area contributed by atoms with Crippen molar-refractivity contribution in [2.24, 2.45) is 0 Å². The summed E-state index contributed by atoms with van der Waals surface area (Å²) in [6.45, 7) is 3.87. The van der Waals surface area contributed by atoms with Crippen molar-refractivity contribution in [3.63, 3.8) is 0 Å². The molecule has 0 aliphatic heterocycles. The van der Waals surface area contributed by atoms with Crippen LogP contribution in [0, 0.1) is 13.8 Å². The van der Waals surface area contributed by atoms with Crippen LogP contribution in [-0.4, -0.2) is 18.0 Å². The molecule has 0 fully saturated rings.